The predicted molar refractivity (Wildman–Crippen MR) is 93.2 cm³/mol. The van der Waals surface area contributed by atoms with E-state index in [1.807, 2.05) is 36.4 Å². The summed E-state index contributed by atoms with van der Waals surface area (Å²) < 4.78 is 8.09. The van der Waals surface area contributed by atoms with Crippen LogP contribution in [0, 0.1) is 0 Å². The first kappa shape index (κ1) is 15.0. The molecule has 0 aliphatic carbocycles. The van der Waals surface area contributed by atoms with Gasteiger partial charge in [0.05, 0.1) is 21.1 Å². The molecule has 3 aromatic rings. The molecule has 5 heteroatoms. The van der Waals surface area contributed by atoms with Gasteiger partial charge in [-0.3, -0.25) is 0 Å². The number of nitrogens with zero attached hydrogens (tertiary/aromatic N) is 2. The molecule has 1 saturated heterocycles. The average molecular weight is 347 g/mol. The Hall–Kier alpha value is -1.55. The van der Waals surface area contributed by atoms with Crippen LogP contribution >= 0.6 is 23.2 Å². The van der Waals surface area contributed by atoms with Gasteiger partial charge >= 0.3 is 0 Å². The molecule has 1 fully saturated rings. The Morgan fingerprint density at radius 1 is 1.13 bits per heavy atom. The number of benzene rings is 2. The average Bonchev–Trinajstić information content (AvgIpc) is 3.19. The molecular weight excluding hydrogens is 331 g/mol. The zero-order chi connectivity index (χ0) is 15.8. The highest BCUT2D eigenvalue weighted by Gasteiger charge is 2.24. The van der Waals surface area contributed by atoms with Crippen LogP contribution in [0.1, 0.15) is 30.3 Å². The van der Waals surface area contributed by atoms with E-state index in [9.17, 15) is 0 Å². The van der Waals surface area contributed by atoms with Crippen LogP contribution in [0.3, 0.4) is 0 Å². The minimum atomic E-state index is 0.0742. The first-order chi connectivity index (χ1) is 11.2. The van der Waals surface area contributed by atoms with Crippen molar-refractivity contribution < 1.29 is 4.74 Å². The fraction of sp³-hybridized carbons (Fsp3) is 0.278. The summed E-state index contributed by atoms with van der Waals surface area (Å²) in [6, 6.07) is 13.9. The fourth-order valence-corrected chi connectivity index (χ4v) is 3.43. The van der Waals surface area contributed by atoms with E-state index in [1.54, 1.807) is 0 Å². The Kier molecular flexibility index (Phi) is 4.02. The number of para-hydroxylation sites is 2. The monoisotopic (exact) mass is 346 g/mol. The van der Waals surface area contributed by atoms with Gasteiger partial charge in [0.1, 0.15) is 11.9 Å². The van der Waals surface area contributed by atoms with Gasteiger partial charge in [-0.15, -0.1) is 0 Å². The summed E-state index contributed by atoms with van der Waals surface area (Å²) in [7, 11) is 0. The predicted octanol–water partition coefficient (Wildman–Crippen LogP) is 5.24. The van der Waals surface area contributed by atoms with Gasteiger partial charge in [0, 0.05) is 13.2 Å². The first-order valence-electron chi connectivity index (χ1n) is 7.73. The maximum absolute atomic E-state index is 6.16. The van der Waals surface area contributed by atoms with Crippen molar-refractivity contribution in [3.8, 4) is 0 Å². The number of fused-ring (bicyclic) bond motifs is 1. The molecule has 118 valence electrons. The van der Waals surface area contributed by atoms with Crippen molar-refractivity contribution in [2.45, 2.75) is 25.5 Å². The summed E-state index contributed by atoms with van der Waals surface area (Å²) in [6.07, 6.45) is 2.18. The Morgan fingerprint density at radius 3 is 2.78 bits per heavy atom. The molecule has 1 aromatic heterocycles. The molecule has 3 nitrogen and oxygen atoms in total. The van der Waals surface area contributed by atoms with Crippen molar-refractivity contribution in [1.82, 2.24) is 9.55 Å². The zero-order valence-corrected chi connectivity index (χ0v) is 14.0. The number of hydrogen-bond donors (Lipinski definition) is 0. The summed E-state index contributed by atoms with van der Waals surface area (Å²) in [6.45, 7) is 1.51. The molecule has 4 rings (SSSR count). The molecule has 2 aromatic carbocycles. The number of hydrogen-bond acceptors (Lipinski definition) is 2. The second-order valence-electron chi connectivity index (χ2n) is 5.79. The molecule has 0 N–H and O–H groups in total. The highest BCUT2D eigenvalue weighted by atomic mass is 35.5. The van der Waals surface area contributed by atoms with Crippen LogP contribution in [0.5, 0.6) is 0 Å². The molecule has 0 radical (unpaired) electrons. The summed E-state index contributed by atoms with van der Waals surface area (Å²) >= 11 is 12.2. The molecule has 23 heavy (non-hydrogen) atoms. The molecule has 0 amide bonds. The van der Waals surface area contributed by atoms with E-state index in [2.05, 4.69) is 10.6 Å². The van der Waals surface area contributed by atoms with Gasteiger partial charge in [0.15, 0.2) is 0 Å². The van der Waals surface area contributed by atoms with Crippen molar-refractivity contribution in [3.63, 3.8) is 0 Å². The van der Waals surface area contributed by atoms with Crippen molar-refractivity contribution in [3.05, 3.63) is 63.9 Å². The zero-order valence-electron chi connectivity index (χ0n) is 12.5. The van der Waals surface area contributed by atoms with Crippen molar-refractivity contribution in [2.24, 2.45) is 0 Å². The van der Waals surface area contributed by atoms with Crippen molar-refractivity contribution in [2.75, 3.05) is 6.61 Å². The molecule has 2 heterocycles. The summed E-state index contributed by atoms with van der Waals surface area (Å²) in [5.74, 6) is 0.995. The third-order valence-electron chi connectivity index (χ3n) is 4.23. The third kappa shape index (κ3) is 2.85. The van der Waals surface area contributed by atoms with Crippen molar-refractivity contribution >= 4 is 34.2 Å². The lowest BCUT2D eigenvalue weighted by molar-refractivity contribution is 0.103. The lowest BCUT2D eigenvalue weighted by Gasteiger charge is -2.14. The van der Waals surface area contributed by atoms with Crippen LogP contribution in [0.25, 0.3) is 11.0 Å². The molecular formula is C18H16Cl2N2O. The normalized spacial score (nSPS) is 17.9. The van der Waals surface area contributed by atoms with Gasteiger partial charge < -0.3 is 9.30 Å². The molecule has 1 aliphatic rings. The largest absolute Gasteiger partial charge is 0.370 e. The lowest BCUT2D eigenvalue weighted by atomic mass is 10.2. The number of rotatable bonds is 3. The fourth-order valence-electron chi connectivity index (χ4n) is 3.11. The summed E-state index contributed by atoms with van der Waals surface area (Å²) in [4.78, 5) is 4.81. The minimum absolute atomic E-state index is 0.0742. The lowest BCUT2D eigenvalue weighted by Crippen LogP contribution is -2.09. The van der Waals surface area contributed by atoms with Crippen LogP contribution in [0.15, 0.2) is 42.5 Å². The number of aromatic nitrogens is 2. The van der Waals surface area contributed by atoms with E-state index in [-0.39, 0.29) is 6.10 Å². The Balaban J connectivity index is 1.80. The second-order valence-corrected chi connectivity index (χ2v) is 6.61. The second kappa shape index (κ2) is 6.16. The number of ether oxygens (including phenoxy) is 1. The topological polar surface area (TPSA) is 27.1 Å². The van der Waals surface area contributed by atoms with Gasteiger partial charge in [-0.1, -0.05) is 41.4 Å². The van der Waals surface area contributed by atoms with Gasteiger partial charge in [-0.25, -0.2) is 4.98 Å². The number of imidazole rings is 1. The molecule has 0 spiro atoms. The van der Waals surface area contributed by atoms with Crippen LogP contribution in [-0.2, 0) is 11.3 Å². The third-order valence-corrected chi connectivity index (χ3v) is 4.97. The maximum Gasteiger partial charge on any atom is 0.139 e. The van der Waals surface area contributed by atoms with Gasteiger partial charge in [0.25, 0.3) is 0 Å². The van der Waals surface area contributed by atoms with Crippen LogP contribution in [0.2, 0.25) is 10.0 Å². The minimum Gasteiger partial charge on any atom is -0.370 e. The Bertz CT molecular complexity index is 853. The SMILES string of the molecule is Clc1ccc(Cn2c(C3CCCO3)nc3ccccc32)cc1Cl. The van der Waals surface area contributed by atoms with Crippen LogP contribution in [-0.4, -0.2) is 16.2 Å². The van der Waals surface area contributed by atoms with Gasteiger partial charge in [0.2, 0.25) is 0 Å². The Labute approximate surface area is 144 Å². The van der Waals surface area contributed by atoms with E-state index in [0.717, 1.165) is 41.9 Å². The van der Waals surface area contributed by atoms with E-state index >= 15 is 0 Å². The molecule has 1 atom stereocenters. The molecule has 1 aliphatic heterocycles. The van der Waals surface area contributed by atoms with Crippen molar-refractivity contribution in [1.29, 1.82) is 0 Å². The molecule has 0 bridgehead atoms. The van der Waals surface area contributed by atoms with E-state index in [0.29, 0.717) is 16.6 Å². The van der Waals surface area contributed by atoms with Crippen LogP contribution in [0.4, 0.5) is 0 Å². The van der Waals surface area contributed by atoms with Gasteiger partial charge in [-0.2, -0.15) is 0 Å². The number of halogens is 2. The summed E-state index contributed by atoms with van der Waals surface area (Å²) in [5, 5.41) is 1.15. The molecule has 0 saturated carbocycles. The maximum atomic E-state index is 6.16. The van der Waals surface area contributed by atoms with E-state index in [4.69, 9.17) is 32.9 Å². The van der Waals surface area contributed by atoms with E-state index < -0.39 is 0 Å². The summed E-state index contributed by atoms with van der Waals surface area (Å²) in [5.41, 5.74) is 3.21. The molecule has 1 unspecified atom stereocenters. The highest BCUT2D eigenvalue weighted by molar-refractivity contribution is 6.42. The Morgan fingerprint density at radius 2 is 2.00 bits per heavy atom. The highest BCUT2D eigenvalue weighted by Crippen LogP contribution is 2.31. The van der Waals surface area contributed by atoms with Crippen LogP contribution < -0.4 is 0 Å². The van der Waals surface area contributed by atoms with E-state index in [1.165, 1.54) is 0 Å². The standard InChI is InChI=1S/C18H16Cl2N2O/c19-13-8-7-12(10-14(13)20)11-22-16-5-2-1-4-15(16)21-18(22)17-6-3-9-23-17/h1-2,4-5,7-8,10,17H,3,6,9,11H2. The smallest absolute Gasteiger partial charge is 0.139 e. The quantitative estimate of drug-likeness (QED) is 0.648. The first-order valence-corrected chi connectivity index (χ1v) is 8.48. The van der Waals surface area contributed by atoms with Gasteiger partial charge in [-0.05, 0) is 42.7 Å².